The maximum atomic E-state index is 12.2. The molecule has 0 bridgehead atoms. The normalized spacial score (nSPS) is 18.1. The SMILES string of the molecule is CC(=O)c1ncn2c1[C@@H](C)N=C(c1ccccc1I)c1cc(C3CC3)ccc1-2. The molecule has 0 saturated heterocycles. The zero-order valence-corrected chi connectivity index (χ0v) is 18.0. The first-order chi connectivity index (χ1) is 13.5. The van der Waals surface area contributed by atoms with Crippen LogP contribution in [-0.4, -0.2) is 21.0 Å². The van der Waals surface area contributed by atoms with E-state index in [1.165, 1.54) is 22.0 Å². The predicted molar refractivity (Wildman–Crippen MR) is 119 cm³/mol. The van der Waals surface area contributed by atoms with Crippen LogP contribution in [0, 0.1) is 3.57 Å². The van der Waals surface area contributed by atoms with Crippen LogP contribution >= 0.6 is 22.6 Å². The molecule has 1 saturated carbocycles. The zero-order valence-electron chi connectivity index (χ0n) is 15.8. The van der Waals surface area contributed by atoms with Gasteiger partial charge in [0.05, 0.1) is 23.1 Å². The third-order valence-corrected chi connectivity index (χ3v) is 6.51. The Labute approximate surface area is 177 Å². The highest BCUT2D eigenvalue weighted by atomic mass is 127. The van der Waals surface area contributed by atoms with E-state index in [0.717, 1.165) is 28.2 Å². The lowest BCUT2D eigenvalue weighted by molar-refractivity contribution is 0.101. The number of hydrogen-bond donors (Lipinski definition) is 0. The van der Waals surface area contributed by atoms with Crippen molar-refractivity contribution in [2.24, 2.45) is 4.99 Å². The van der Waals surface area contributed by atoms with Gasteiger partial charge in [-0.2, -0.15) is 0 Å². The number of carbonyl (C=O) groups is 1. The lowest BCUT2D eigenvalue weighted by Gasteiger charge is -2.14. The lowest BCUT2D eigenvalue weighted by atomic mass is 9.97. The minimum Gasteiger partial charge on any atom is -0.300 e. The number of aromatic nitrogens is 2. The summed E-state index contributed by atoms with van der Waals surface area (Å²) < 4.78 is 3.23. The fourth-order valence-electron chi connectivity index (χ4n) is 4.04. The van der Waals surface area contributed by atoms with Gasteiger partial charge >= 0.3 is 0 Å². The van der Waals surface area contributed by atoms with Crippen molar-refractivity contribution in [2.75, 3.05) is 0 Å². The first-order valence-electron chi connectivity index (χ1n) is 9.60. The van der Waals surface area contributed by atoms with Crippen molar-refractivity contribution >= 4 is 34.1 Å². The first-order valence-corrected chi connectivity index (χ1v) is 10.7. The maximum Gasteiger partial charge on any atom is 0.180 e. The highest BCUT2D eigenvalue weighted by Crippen LogP contribution is 2.42. The molecule has 0 spiro atoms. The second-order valence-electron chi connectivity index (χ2n) is 7.59. The van der Waals surface area contributed by atoms with Gasteiger partial charge in [0.1, 0.15) is 12.0 Å². The number of halogens is 1. The summed E-state index contributed by atoms with van der Waals surface area (Å²) in [5.41, 5.74) is 7.04. The Morgan fingerprint density at radius 2 is 1.93 bits per heavy atom. The molecule has 0 N–H and O–H groups in total. The summed E-state index contributed by atoms with van der Waals surface area (Å²) in [5, 5.41) is 0. The maximum absolute atomic E-state index is 12.2. The van der Waals surface area contributed by atoms with Crippen molar-refractivity contribution in [2.45, 2.75) is 38.6 Å². The van der Waals surface area contributed by atoms with Gasteiger partial charge in [0.15, 0.2) is 5.78 Å². The number of ketones is 1. The fourth-order valence-corrected chi connectivity index (χ4v) is 4.68. The van der Waals surface area contributed by atoms with Crippen LogP contribution in [0.3, 0.4) is 0 Å². The van der Waals surface area contributed by atoms with Gasteiger partial charge in [-0.15, -0.1) is 0 Å². The summed E-state index contributed by atoms with van der Waals surface area (Å²) in [7, 11) is 0. The Morgan fingerprint density at radius 1 is 1.14 bits per heavy atom. The molecule has 1 aliphatic heterocycles. The monoisotopic (exact) mass is 481 g/mol. The quantitative estimate of drug-likeness (QED) is 0.368. The number of fused-ring (bicyclic) bond motifs is 3. The molecule has 0 unspecified atom stereocenters. The van der Waals surface area contributed by atoms with Gasteiger partial charge in [0, 0.05) is 21.6 Å². The van der Waals surface area contributed by atoms with Gasteiger partial charge in [-0.1, -0.05) is 24.3 Å². The highest BCUT2D eigenvalue weighted by Gasteiger charge is 2.30. The molecule has 140 valence electrons. The van der Waals surface area contributed by atoms with Crippen LogP contribution in [0.15, 0.2) is 53.8 Å². The van der Waals surface area contributed by atoms with Gasteiger partial charge in [-0.3, -0.25) is 14.4 Å². The predicted octanol–water partition coefficient (Wildman–Crippen LogP) is 5.47. The molecule has 1 aliphatic carbocycles. The van der Waals surface area contributed by atoms with Crippen molar-refractivity contribution in [3.63, 3.8) is 0 Å². The van der Waals surface area contributed by atoms with E-state index in [2.05, 4.69) is 74.6 Å². The Kier molecular flexibility index (Phi) is 4.23. The molecular formula is C23H20IN3O. The molecular weight excluding hydrogens is 461 g/mol. The molecule has 0 radical (unpaired) electrons. The van der Waals surface area contributed by atoms with E-state index >= 15 is 0 Å². The molecule has 2 aromatic carbocycles. The van der Waals surface area contributed by atoms with Crippen LogP contribution in [0.2, 0.25) is 0 Å². The smallest absolute Gasteiger partial charge is 0.180 e. The number of rotatable bonds is 3. The molecule has 2 aliphatic rings. The largest absolute Gasteiger partial charge is 0.300 e. The molecule has 4 nitrogen and oxygen atoms in total. The Balaban J connectivity index is 1.81. The molecule has 28 heavy (non-hydrogen) atoms. The van der Waals surface area contributed by atoms with E-state index in [4.69, 9.17) is 4.99 Å². The molecule has 3 aromatic rings. The number of nitrogens with zero attached hydrogens (tertiary/aromatic N) is 3. The highest BCUT2D eigenvalue weighted by molar-refractivity contribution is 14.1. The number of imidazole rings is 1. The zero-order chi connectivity index (χ0) is 19.4. The minimum absolute atomic E-state index is 0.0234. The van der Waals surface area contributed by atoms with Crippen molar-refractivity contribution in [1.29, 1.82) is 0 Å². The summed E-state index contributed by atoms with van der Waals surface area (Å²) in [4.78, 5) is 21.7. The third-order valence-electron chi connectivity index (χ3n) is 5.57. The third kappa shape index (κ3) is 2.83. The van der Waals surface area contributed by atoms with E-state index in [-0.39, 0.29) is 11.8 Å². The molecule has 2 heterocycles. The van der Waals surface area contributed by atoms with Gasteiger partial charge in [0.25, 0.3) is 0 Å². The van der Waals surface area contributed by atoms with Crippen molar-refractivity contribution in [1.82, 2.24) is 9.55 Å². The number of carbonyl (C=O) groups excluding carboxylic acids is 1. The standard InChI is InChI=1S/C23H20IN3O/c1-13-23-21(14(2)28)25-12-27(23)20-10-9-16(15-7-8-15)11-18(20)22(26-13)17-5-3-4-6-19(17)24/h3-6,9-13,15H,7-8H2,1-2H3/t13-/m1/s1. The van der Waals surface area contributed by atoms with Crippen LogP contribution in [-0.2, 0) is 0 Å². The average molecular weight is 481 g/mol. The number of hydrogen-bond acceptors (Lipinski definition) is 3. The summed E-state index contributed by atoms with van der Waals surface area (Å²) in [6.45, 7) is 3.62. The van der Waals surface area contributed by atoms with Crippen LogP contribution in [0.25, 0.3) is 5.69 Å². The Hall–Kier alpha value is -2.28. The van der Waals surface area contributed by atoms with Crippen LogP contribution < -0.4 is 0 Å². The average Bonchev–Trinajstić information content (AvgIpc) is 3.45. The van der Waals surface area contributed by atoms with E-state index in [9.17, 15) is 4.79 Å². The number of aliphatic imine (C=N–C) groups is 1. The molecule has 5 rings (SSSR count). The van der Waals surface area contributed by atoms with Gasteiger partial charge in [-0.25, -0.2) is 4.98 Å². The summed E-state index contributed by atoms with van der Waals surface area (Å²) in [5.74, 6) is 0.641. The van der Waals surface area contributed by atoms with E-state index in [1.807, 2.05) is 6.92 Å². The van der Waals surface area contributed by atoms with E-state index in [1.54, 1.807) is 13.3 Å². The summed E-state index contributed by atoms with van der Waals surface area (Å²) in [6, 6.07) is 14.9. The van der Waals surface area contributed by atoms with Crippen molar-refractivity contribution < 1.29 is 4.79 Å². The topological polar surface area (TPSA) is 47.2 Å². The first kappa shape index (κ1) is 17.8. The van der Waals surface area contributed by atoms with Crippen molar-refractivity contribution in [3.8, 4) is 5.69 Å². The molecule has 0 amide bonds. The molecule has 1 aromatic heterocycles. The number of benzene rings is 2. The Morgan fingerprint density at radius 3 is 2.64 bits per heavy atom. The summed E-state index contributed by atoms with van der Waals surface area (Å²) in [6.07, 6.45) is 4.29. The summed E-state index contributed by atoms with van der Waals surface area (Å²) >= 11 is 2.38. The van der Waals surface area contributed by atoms with E-state index in [0.29, 0.717) is 11.6 Å². The van der Waals surface area contributed by atoms with Crippen LogP contribution in [0.1, 0.15) is 71.5 Å². The van der Waals surface area contributed by atoms with Crippen molar-refractivity contribution in [3.05, 3.63) is 80.4 Å². The van der Waals surface area contributed by atoms with Crippen LogP contribution in [0.4, 0.5) is 0 Å². The molecule has 1 fully saturated rings. The van der Waals surface area contributed by atoms with Gasteiger partial charge < -0.3 is 0 Å². The molecule has 1 atom stereocenters. The number of Topliss-reactive ketones (excluding diaryl/α,β-unsaturated/α-hetero) is 1. The Bertz CT molecular complexity index is 1140. The lowest BCUT2D eigenvalue weighted by Crippen LogP contribution is -2.09. The molecule has 5 heteroatoms. The second-order valence-corrected chi connectivity index (χ2v) is 8.75. The fraction of sp³-hybridized carbons (Fsp3) is 0.261. The van der Waals surface area contributed by atoms with E-state index < -0.39 is 0 Å². The van der Waals surface area contributed by atoms with Crippen LogP contribution in [0.5, 0.6) is 0 Å². The second kappa shape index (κ2) is 6.65. The minimum atomic E-state index is -0.163. The van der Waals surface area contributed by atoms with Gasteiger partial charge in [-0.05, 0) is 72.0 Å². The van der Waals surface area contributed by atoms with Gasteiger partial charge in [0.2, 0.25) is 0 Å².